The van der Waals surface area contributed by atoms with Crippen LogP contribution in [0, 0.1) is 0 Å². The van der Waals surface area contributed by atoms with Gasteiger partial charge in [0, 0.05) is 11.7 Å². The van der Waals surface area contributed by atoms with E-state index >= 15 is 0 Å². The van der Waals surface area contributed by atoms with E-state index in [1.54, 1.807) is 0 Å². The molecular weight excluding hydrogens is 264 g/mol. The maximum atomic E-state index is 11.9. The second kappa shape index (κ2) is 8.03. The summed E-state index contributed by atoms with van der Waals surface area (Å²) in [5.41, 5.74) is 7.93. The highest BCUT2D eigenvalue weighted by Gasteiger charge is 2.21. The van der Waals surface area contributed by atoms with E-state index in [0.717, 1.165) is 37.8 Å². The summed E-state index contributed by atoms with van der Waals surface area (Å²) in [6.07, 6.45) is 6.72. The van der Waals surface area contributed by atoms with E-state index in [1.807, 2.05) is 12.1 Å². The van der Waals surface area contributed by atoms with Gasteiger partial charge in [0.1, 0.15) is 6.10 Å². The van der Waals surface area contributed by atoms with Crippen LogP contribution < -0.4 is 11.1 Å². The Kier molecular flexibility index (Phi) is 6.05. The van der Waals surface area contributed by atoms with Crippen molar-refractivity contribution >= 4 is 11.8 Å². The Balaban J connectivity index is 1.77. The number of carbonyl (C=O) groups is 1. The molecule has 1 amide bonds. The van der Waals surface area contributed by atoms with Gasteiger partial charge in [-0.15, -0.1) is 0 Å². The van der Waals surface area contributed by atoms with Gasteiger partial charge in [-0.25, -0.2) is 4.79 Å². The molecule has 0 aliphatic heterocycles. The Labute approximate surface area is 127 Å². The molecule has 2 rings (SSSR count). The van der Waals surface area contributed by atoms with Crippen molar-refractivity contribution in [3.05, 3.63) is 29.8 Å². The van der Waals surface area contributed by atoms with Crippen LogP contribution in [0.25, 0.3) is 0 Å². The van der Waals surface area contributed by atoms with Crippen molar-refractivity contribution in [2.24, 2.45) is 5.73 Å². The van der Waals surface area contributed by atoms with Gasteiger partial charge in [-0.2, -0.15) is 0 Å². The first-order valence-electron chi connectivity index (χ1n) is 7.99. The third kappa shape index (κ3) is 5.38. The molecule has 0 atom stereocenters. The van der Waals surface area contributed by atoms with E-state index in [-0.39, 0.29) is 18.2 Å². The maximum Gasteiger partial charge on any atom is 0.411 e. The number of ether oxygens (including phenoxy) is 1. The van der Waals surface area contributed by atoms with E-state index in [0.29, 0.717) is 0 Å². The van der Waals surface area contributed by atoms with Crippen LogP contribution in [0.3, 0.4) is 0 Å². The van der Waals surface area contributed by atoms with Crippen LogP contribution in [0.5, 0.6) is 0 Å². The van der Waals surface area contributed by atoms with Crippen LogP contribution >= 0.6 is 0 Å². The molecule has 1 aromatic carbocycles. The minimum Gasteiger partial charge on any atom is -0.446 e. The maximum absolute atomic E-state index is 11.9. The lowest BCUT2D eigenvalue weighted by Gasteiger charge is -2.25. The second-order valence-electron chi connectivity index (χ2n) is 5.87. The number of carbonyl (C=O) groups excluding carboxylic acids is 1. The van der Waals surface area contributed by atoms with Crippen molar-refractivity contribution in [3.63, 3.8) is 0 Å². The zero-order valence-corrected chi connectivity index (χ0v) is 12.8. The van der Waals surface area contributed by atoms with Crippen molar-refractivity contribution in [2.45, 2.75) is 64.0 Å². The zero-order chi connectivity index (χ0) is 15.1. The van der Waals surface area contributed by atoms with Gasteiger partial charge in [-0.05, 0) is 56.2 Å². The minimum atomic E-state index is -0.364. The Bertz CT molecular complexity index is 437. The molecule has 4 nitrogen and oxygen atoms in total. The van der Waals surface area contributed by atoms with E-state index in [9.17, 15) is 4.79 Å². The van der Waals surface area contributed by atoms with Gasteiger partial charge in [0.2, 0.25) is 0 Å². The highest BCUT2D eigenvalue weighted by molar-refractivity contribution is 5.84. The standard InChI is InChI=1S/C17H26N2O2/c1-2-3-4-13-5-9-15(10-6-13)19-17(20)21-16-11-7-14(18)8-12-16/h5-6,9-10,14,16H,2-4,7-8,11-12,18H2,1H3,(H,19,20)/t14-,16-. The molecule has 4 heteroatoms. The molecule has 0 spiro atoms. The van der Waals surface area contributed by atoms with Gasteiger partial charge in [0.15, 0.2) is 0 Å². The molecular formula is C17H26N2O2. The number of unbranched alkanes of at least 4 members (excludes halogenated alkanes) is 1. The number of benzene rings is 1. The van der Waals surface area contributed by atoms with Crippen LogP contribution in [-0.2, 0) is 11.2 Å². The van der Waals surface area contributed by atoms with Crippen LogP contribution in [-0.4, -0.2) is 18.2 Å². The molecule has 3 N–H and O–H groups in total. The van der Waals surface area contributed by atoms with Gasteiger partial charge < -0.3 is 10.5 Å². The fourth-order valence-electron chi connectivity index (χ4n) is 2.64. The SMILES string of the molecule is CCCCc1ccc(NC(=O)O[C@H]2CC[C@H](N)CC2)cc1. The van der Waals surface area contributed by atoms with Crippen molar-refractivity contribution < 1.29 is 9.53 Å². The molecule has 0 aromatic heterocycles. The van der Waals surface area contributed by atoms with Gasteiger partial charge in [0.05, 0.1) is 0 Å². The highest BCUT2D eigenvalue weighted by atomic mass is 16.6. The molecule has 0 heterocycles. The number of nitrogens with two attached hydrogens (primary N) is 1. The first kappa shape index (κ1) is 15.8. The highest BCUT2D eigenvalue weighted by Crippen LogP contribution is 2.20. The van der Waals surface area contributed by atoms with Gasteiger partial charge in [-0.1, -0.05) is 25.5 Å². The van der Waals surface area contributed by atoms with Gasteiger partial charge in [0.25, 0.3) is 0 Å². The lowest BCUT2D eigenvalue weighted by atomic mass is 9.94. The number of anilines is 1. The molecule has 1 fully saturated rings. The number of hydrogen-bond donors (Lipinski definition) is 2. The molecule has 1 saturated carbocycles. The van der Waals surface area contributed by atoms with E-state index in [2.05, 4.69) is 24.4 Å². The Morgan fingerprint density at radius 2 is 1.90 bits per heavy atom. The largest absolute Gasteiger partial charge is 0.446 e. The molecule has 21 heavy (non-hydrogen) atoms. The van der Waals surface area contributed by atoms with Crippen LogP contribution in [0.1, 0.15) is 51.0 Å². The zero-order valence-electron chi connectivity index (χ0n) is 12.8. The van der Waals surface area contributed by atoms with Crippen molar-refractivity contribution in [1.82, 2.24) is 0 Å². The summed E-state index contributed by atoms with van der Waals surface area (Å²) in [5.74, 6) is 0. The van der Waals surface area contributed by atoms with Crippen molar-refractivity contribution in [2.75, 3.05) is 5.32 Å². The summed E-state index contributed by atoms with van der Waals surface area (Å²) in [7, 11) is 0. The summed E-state index contributed by atoms with van der Waals surface area (Å²) >= 11 is 0. The number of amides is 1. The number of hydrogen-bond acceptors (Lipinski definition) is 3. The third-order valence-corrected chi connectivity index (χ3v) is 4.01. The summed E-state index contributed by atoms with van der Waals surface area (Å²) in [5, 5.41) is 2.79. The van der Waals surface area contributed by atoms with Crippen LogP contribution in [0.2, 0.25) is 0 Å². The molecule has 0 radical (unpaired) electrons. The van der Waals surface area contributed by atoms with Crippen molar-refractivity contribution in [3.8, 4) is 0 Å². The number of aryl methyl sites for hydroxylation is 1. The predicted octanol–water partition coefficient (Wildman–Crippen LogP) is 3.85. The van der Waals surface area contributed by atoms with Crippen molar-refractivity contribution in [1.29, 1.82) is 0 Å². The average molecular weight is 290 g/mol. The predicted molar refractivity (Wildman–Crippen MR) is 85.4 cm³/mol. The smallest absolute Gasteiger partial charge is 0.411 e. The van der Waals surface area contributed by atoms with Gasteiger partial charge >= 0.3 is 6.09 Å². The molecule has 1 aliphatic rings. The summed E-state index contributed by atoms with van der Waals surface area (Å²) < 4.78 is 5.43. The summed E-state index contributed by atoms with van der Waals surface area (Å²) in [4.78, 5) is 11.9. The lowest BCUT2D eigenvalue weighted by molar-refractivity contribution is 0.0826. The average Bonchev–Trinajstić information content (AvgIpc) is 2.49. The van der Waals surface area contributed by atoms with Crippen LogP contribution in [0.15, 0.2) is 24.3 Å². The third-order valence-electron chi connectivity index (χ3n) is 4.01. The molecule has 0 unspecified atom stereocenters. The topological polar surface area (TPSA) is 64.3 Å². The molecule has 1 aromatic rings. The van der Waals surface area contributed by atoms with Crippen LogP contribution in [0.4, 0.5) is 10.5 Å². The molecule has 1 aliphatic carbocycles. The summed E-state index contributed by atoms with van der Waals surface area (Å²) in [6, 6.07) is 8.26. The first-order chi connectivity index (χ1) is 10.2. The quantitative estimate of drug-likeness (QED) is 0.865. The van der Waals surface area contributed by atoms with Gasteiger partial charge in [-0.3, -0.25) is 5.32 Å². The first-order valence-corrected chi connectivity index (χ1v) is 7.99. The normalized spacial score (nSPS) is 21.8. The fourth-order valence-corrected chi connectivity index (χ4v) is 2.64. The monoisotopic (exact) mass is 290 g/mol. The fraction of sp³-hybridized carbons (Fsp3) is 0.588. The second-order valence-corrected chi connectivity index (χ2v) is 5.87. The summed E-state index contributed by atoms with van der Waals surface area (Å²) in [6.45, 7) is 2.18. The number of rotatable bonds is 5. The molecule has 116 valence electrons. The van der Waals surface area contributed by atoms with E-state index in [4.69, 9.17) is 10.5 Å². The molecule has 0 bridgehead atoms. The van der Waals surface area contributed by atoms with E-state index in [1.165, 1.54) is 18.4 Å². The number of nitrogens with one attached hydrogen (secondary N) is 1. The lowest BCUT2D eigenvalue weighted by Crippen LogP contribution is -2.32. The Hall–Kier alpha value is -1.55. The Morgan fingerprint density at radius 1 is 1.24 bits per heavy atom. The Morgan fingerprint density at radius 3 is 2.52 bits per heavy atom. The van der Waals surface area contributed by atoms with E-state index < -0.39 is 0 Å². The molecule has 0 saturated heterocycles. The minimum absolute atomic E-state index is 0.00799.